The molecule has 0 unspecified atom stereocenters. The van der Waals surface area contributed by atoms with Crippen LogP contribution in [-0.2, 0) is 7.05 Å². The van der Waals surface area contributed by atoms with Gasteiger partial charge in [-0.1, -0.05) is 15.9 Å². The molecule has 0 aliphatic heterocycles. The van der Waals surface area contributed by atoms with Gasteiger partial charge in [0, 0.05) is 40.4 Å². The van der Waals surface area contributed by atoms with Crippen molar-refractivity contribution in [2.75, 3.05) is 5.73 Å². The van der Waals surface area contributed by atoms with Crippen molar-refractivity contribution in [3.8, 4) is 11.3 Å². The molecule has 0 saturated heterocycles. The standard InChI is InChI=1S/C13H11BrN4/c1-18-7-10(11-4-5-16-13(15)17-11)9-6-8(14)2-3-12(9)18/h2-7H,1H3,(H2,15,16,17). The maximum Gasteiger partial charge on any atom is 0.220 e. The quantitative estimate of drug-likeness (QED) is 0.752. The number of anilines is 1. The van der Waals surface area contributed by atoms with Gasteiger partial charge in [-0.3, -0.25) is 0 Å². The minimum atomic E-state index is 0.291. The Morgan fingerprint density at radius 3 is 2.89 bits per heavy atom. The van der Waals surface area contributed by atoms with Crippen LogP contribution in [0.5, 0.6) is 0 Å². The molecule has 0 spiro atoms. The lowest BCUT2D eigenvalue weighted by Crippen LogP contribution is -1.94. The highest BCUT2D eigenvalue weighted by Gasteiger charge is 2.10. The maximum absolute atomic E-state index is 5.64. The number of fused-ring (bicyclic) bond motifs is 1. The lowest BCUT2D eigenvalue weighted by atomic mass is 10.1. The Labute approximate surface area is 113 Å². The Hall–Kier alpha value is -1.88. The summed E-state index contributed by atoms with van der Waals surface area (Å²) in [6, 6.07) is 8.06. The molecule has 0 aliphatic rings. The number of halogens is 1. The van der Waals surface area contributed by atoms with Crippen LogP contribution in [0, 0.1) is 0 Å². The number of nitrogens with two attached hydrogens (primary N) is 1. The van der Waals surface area contributed by atoms with Gasteiger partial charge < -0.3 is 10.3 Å². The molecule has 2 aromatic heterocycles. The highest BCUT2D eigenvalue weighted by molar-refractivity contribution is 9.10. The molecule has 0 fully saturated rings. The van der Waals surface area contributed by atoms with Gasteiger partial charge in [0.25, 0.3) is 0 Å². The molecule has 3 rings (SSSR count). The van der Waals surface area contributed by atoms with Crippen molar-refractivity contribution in [3.63, 3.8) is 0 Å². The average molecular weight is 303 g/mol. The van der Waals surface area contributed by atoms with Crippen LogP contribution >= 0.6 is 15.9 Å². The monoisotopic (exact) mass is 302 g/mol. The van der Waals surface area contributed by atoms with Crippen LogP contribution in [0.1, 0.15) is 0 Å². The van der Waals surface area contributed by atoms with Gasteiger partial charge >= 0.3 is 0 Å². The lowest BCUT2D eigenvalue weighted by molar-refractivity contribution is 0.969. The molecule has 0 radical (unpaired) electrons. The van der Waals surface area contributed by atoms with Crippen LogP contribution in [0.3, 0.4) is 0 Å². The first kappa shape index (κ1) is 11.2. The topological polar surface area (TPSA) is 56.7 Å². The molecule has 4 nitrogen and oxygen atoms in total. The molecule has 5 heteroatoms. The second kappa shape index (κ2) is 4.10. The van der Waals surface area contributed by atoms with E-state index in [0.29, 0.717) is 5.95 Å². The molecule has 3 aromatic rings. The van der Waals surface area contributed by atoms with Gasteiger partial charge in [-0.15, -0.1) is 0 Å². The van der Waals surface area contributed by atoms with E-state index in [4.69, 9.17) is 5.73 Å². The molecular formula is C13H11BrN4. The minimum absolute atomic E-state index is 0.291. The average Bonchev–Trinajstić information content (AvgIpc) is 2.66. The fraction of sp³-hybridized carbons (Fsp3) is 0.0769. The van der Waals surface area contributed by atoms with E-state index in [9.17, 15) is 0 Å². The molecule has 2 heterocycles. The summed E-state index contributed by atoms with van der Waals surface area (Å²) in [7, 11) is 2.02. The van der Waals surface area contributed by atoms with E-state index in [2.05, 4.69) is 48.8 Å². The third-order valence-corrected chi connectivity index (χ3v) is 3.39. The summed E-state index contributed by atoms with van der Waals surface area (Å²) in [5, 5.41) is 1.14. The van der Waals surface area contributed by atoms with Gasteiger partial charge in [0.1, 0.15) is 0 Å². The first-order valence-electron chi connectivity index (χ1n) is 5.48. The summed E-state index contributed by atoms with van der Waals surface area (Å²) >= 11 is 3.50. The molecule has 90 valence electrons. The highest BCUT2D eigenvalue weighted by Crippen LogP contribution is 2.31. The van der Waals surface area contributed by atoms with Crippen LogP contribution in [0.4, 0.5) is 5.95 Å². The van der Waals surface area contributed by atoms with Crippen molar-refractivity contribution in [1.82, 2.24) is 14.5 Å². The van der Waals surface area contributed by atoms with E-state index in [0.717, 1.165) is 26.6 Å². The Balaban J connectivity index is 2.32. The fourth-order valence-electron chi connectivity index (χ4n) is 2.09. The van der Waals surface area contributed by atoms with E-state index in [1.165, 1.54) is 0 Å². The number of nitrogen functional groups attached to an aromatic ring is 1. The molecule has 0 atom stereocenters. The first-order chi connectivity index (χ1) is 8.65. The Kier molecular flexibility index (Phi) is 2.56. The van der Waals surface area contributed by atoms with Crippen LogP contribution in [0.15, 0.2) is 41.1 Å². The molecule has 18 heavy (non-hydrogen) atoms. The Morgan fingerprint density at radius 1 is 1.28 bits per heavy atom. The number of hydrogen-bond donors (Lipinski definition) is 1. The highest BCUT2D eigenvalue weighted by atomic mass is 79.9. The van der Waals surface area contributed by atoms with Gasteiger partial charge in [-0.2, -0.15) is 0 Å². The summed E-state index contributed by atoms with van der Waals surface area (Å²) < 4.78 is 3.12. The van der Waals surface area contributed by atoms with E-state index in [1.807, 2.05) is 19.2 Å². The molecule has 0 bridgehead atoms. The normalized spacial score (nSPS) is 11.0. The van der Waals surface area contributed by atoms with Gasteiger partial charge in [0.15, 0.2) is 0 Å². The number of rotatable bonds is 1. The zero-order valence-electron chi connectivity index (χ0n) is 9.76. The zero-order valence-corrected chi connectivity index (χ0v) is 11.3. The second-order valence-corrected chi connectivity index (χ2v) is 5.03. The van der Waals surface area contributed by atoms with E-state index in [1.54, 1.807) is 6.20 Å². The zero-order chi connectivity index (χ0) is 12.7. The molecule has 0 aliphatic carbocycles. The molecule has 2 N–H and O–H groups in total. The summed E-state index contributed by atoms with van der Waals surface area (Å²) in [5.41, 5.74) is 8.69. The minimum Gasteiger partial charge on any atom is -0.368 e. The van der Waals surface area contributed by atoms with Gasteiger partial charge in [-0.05, 0) is 24.3 Å². The van der Waals surface area contributed by atoms with E-state index in [-0.39, 0.29) is 0 Å². The molecular weight excluding hydrogens is 292 g/mol. The lowest BCUT2D eigenvalue weighted by Gasteiger charge is -1.99. The van der Waals surface area contributed by atoms with Crippen LogP contribution in [0.2, 0.25) is 0 Å². The summed E-state index contributed by atoms with van der Waals surface area (Å²) in [4.78, 5) is 8.19. The number of nitrogens with zero attached hydrogens (tertiary/aromatic N) is 3. The van der Waals surface area contributed by atoms with Crippen molar-refractivity contribution in [2.45, 2.75) is 0 Å². The maximum atomic E-state index is 5.64. The number of aryl methyl sites for hydroxylation is 1. The van der Waals surface area contributed by atoms with Crippen molar-refractivity contribution in [2.24, 2.45) is 7.05 Å². The predicted octanol–water partition coefficient (Wildman–Crippen LogP) is 2.98. The number of hydrogen-bond acceptors (Lipinski definition) is 3. The number of benzene rings is 1. The molecule has 0 saturated carbocycles. The Bertz CT molecular complexity index is 733. The third kappa shape index (κ3) is 1.76. The van der Waals surface area contributed by atoms with Gasteiger partial charge in [0.2, 0.25) is 5.95 Å². The van der Waals surface area contributed by atoms with E-state index >= 15 is 0 Å². The largest absolute Gasteiger partial charge is 0.368 e. The first-order valence-corrected chi connectivity index (χ1v) is 6.28. The second-order valence-electron chi connectivity index (χ2n) is 4.12. The van der Waals surface area contributed by atoms with Crippen molar-refractivity contribution >= 4 is 32.8 Å². The van der Waals surface area contributed by atoms with E-state index < -0.39 is 0 Å². The predicted molar refractivity (Wildman–Crippen MR) is 76.1 cm³/mol. The van der Waals surface area contributed by atoms with Crippen molar-refractivity contribution in [3.05, 3.63) is 41.1 Å². The smallest absolute Gasteiger partial charge is 0.220 e. The number of aromatic nitrogens is 3. The SMILES string of the molecule is Cn1cc(-c2ccnc(N)n2)c2cc(Br)ccc21. The summed E-state index contributed by atoms with van der Waals surface area (Å²) in [6.45, 7) is 0. The van der Waals surface area contributed by atoms with Crippen molar-refractivity contribution in [1.29, 1.82) is 0 Å². The van der Waals surface area contributed by atoms with Crippen LogP contribution < -0.4 is 5.73 Å². The van der Waals surface area contributed by atoms with Crippen molar-refractivity contribution < 1.29 is 0 Å². The molecule has 1 aromatic carbocycles. The van der Waals surface area contributed by atoms with Gasteiger partial charge in [-0.25, -0.2) is 9.97 Å². The molecule has 0 amide bonds. The third-order valence-electron chi connectivity index (χ3n) is 2.90. The van der Waals surface area contributed by atoms with Crippen LogP contribution in [-0.4, -0.2) is 14.5 Å². The Morgan fingerprint density at radius 2 is 2.11 bits per heavy atom. The summed E-state index contributed by atoms with van der Waals surface area (Å²) in [6.07, 6.45) is 3.73. The van der Waals surface area contributed by atoms with Crippen LogP contribution in [0.25, 0.3) is 22.2 Å². The fourth-order valence-corrected chi connectivity index (χ4v) is 2.45. The summed E-state index contributed by atoms with van der Waals surface area (Å²) in [5.74, 6) is 0.291. The van der Waals surface area contributed by atoms with Gasteiger partial charge in [0.05, 0.1) is 5.69 Å².